The second kappa shape index (κ2) is 11.1. The zero-order valence-corrected chi connectivity index (χ0v) is 20.8. The van der Waals surface area contributed by atoms with Crippen LogP contribution in [0.15, 0.2) is 84.9 Å². The number of nitrogens with one attached hydrogen (secondary N) is 2. The van der Waals surface area contributed by atoms with Gasteiger partial charge in [-0.05, 0) is 24.0 Å². The molecule has 0 radical (unpaired) electrons. The van der Waals surface area contributed by atoms with E-state index in [1.54, 1.807) is 0 Å². The molecule has 178 valence electrons. The number of amides is 2. The van der Waals surface area contributed by atoms with Gasteiger partial charge in [-0.3, -0.25) is 14.9 Å². The molecule has 35 heavy (non-hydrogen) atoms. The largest absolute Gasteiger partial charge is 0.343 e. The molecule has 7 heteroatoms. The van der Waals surface area contributed by atoms with Crippen LogP contribution in [-0.4, -0.2) is 28.1 Å². The SMILES string of the molecule is Cc1ccc(-c2nnc(NC(=O)[C@H](NC(=O)C(c3ccccc3)c3ccccc3)C(C)C)s2)cc1. The maximum absolute atomic E-state index is 13.5. The molecule has 0 saturated heterocycles. The lowest BCUT2D eigenvalue weighted by Gasteiger charge is -2.25. The van der Waals surface area contributed by atoms with Crippen molar-refractivity contribution >= 4 is 28.3 Å². The average Bonchev–Trinajstić information content (AvgIpc) is 3.32. The number of anilines is 1. The molecule has 4 rings (SSSR count). The normalized spacial score (nSPS) is 11.9. The third kappa shape index (κ3) is 6.00. The third-order valence-corrected chi connectivity index (χ3v) is 6.62. The van der Waals surface area contributed by atoms with Gasteiger partial charge in [-0.25, -0.2) is 0 Å². The summed E-state index contributed by atoms with van der Waals surface area (Å²) in [6.45, 7) is 5.83. The summed E-state index contributed by atoms with van der Waals surface area (Å²) in [5, 5.41) is 15.3. The Morgan fingerprint density at radius 2 is 1.34 bits per heavy atom. The summed E-state index contributed by atoms with van der Waals surface area (Å²) in [6.07, 6.45) is 0. The van der Waals surface area contributed by atoms with E-state index in [0.717, 1.165) is 27.3 Å². The number of benzene rings is 3. The predicted molar refractivity (Wildman–Crippen MR) is 140 cm³/mol. The topological polar surface area (TPSA) is 84.0 Å². The van der Waals surface area contributed by atoms with Crippen LogP contribution in [0.4, 0.5) is 5.13 Å². The highest BCUT2D eigenvalue weighted by molar-refractivity contribution is 7.18. The van der Waals surface area contributed by atoms with E-state index in [1.165, 1.54) is 11.3 Å². The van der Waals surface area contributed by atoms with E-state index in [-0.39, 0.29) is 17.7 Å². The molecule has 1 aromatic heterocycles. The minimum absolute atomic E-state index is 0.129. The Balaban J connectivity index is 1.51. The minimum Gasteiger partial charge on any atom is -0.343 e. The van der Waals surface area contributed by atoms with Crippen LogP contribution < -0.4 is 10.6 Å². The number of nitrogens with zero attached hydrogens (tertiary/aromatic N) is 2. The molecule has 0 spiro atoms. The second-order valence-electron chi connectivity index (χ2n) is 8.75. The summed E-state index contributed by atoms with van der Waals surface area (Å²) in [5.74, 6) is -1.20. The van der Waals surface area contributed by atoms with Crippen molar-refractivity contribution in [3.63, 3.8) is 0 Å². The Labute approximate surface area is 209 Å². The fourth-order valence-corrected chi connectivity index (χ4v) is 4.58. The Morgan fingerprint density at radius 3 is 1.89 bits per heavy atom. The molecule has 2 N–H and O–H groups in total. The van der Waals surface area contributed by atoms with Gasteiger partial charge in [0.05, 0.1) is 5.92 Å². The van der Waals surface area contributed by atoms with Crippen molar-refractivity contribution in [2.75, 3.05) is 5.32 Å². The first-order chi connectivity index (χ1) is 16.9. The van der Waals surface area contributed by atoms with Gasteiger partial charge in [-0.15, -0.1) is 10.2 Å². The summed E-state index contributed by atoms with van der Waals surface area (Å²) in [7, 11) is 0. The van der Waals surface area contributed by atoms with Gasteiger partial charge in [-0.1, -0.05) is 116 Å². The molecule has 0 bridgehead atoms. The van der Waals surface area contributed by atoms with E-state index in [1.807, 2.05) is 106 Å². The lowest BCUT2D eigenvalue weighted by atomic mass is 9.89. The Bertz CT molecular complexity index is 1230. The number of carbonyl (C=O) groups is 2. The lowest BCUT2D eigenvalue weighted by Crippen LogP contribution is -2.48. The first kappa shape index (κ1) is 24.3. The van der Waals surface area contributed by atoms with Crippen LogP contribution in [0, 0.1) is 12.8 Å². The highest BCUT2D eigenvalue weighted by Gasteiger charge is 2.30. The average molecular weight is 485 g/mol. The first-order valence-electron chi connectivity index (χ1n) is 11.5. The number of aromatic nitrogens is 2. The maximum atomic E-state index is 13.5. The Hall–Kier alpha value is -3.84. The van der Waals surface area contributed by atoms with Gasteiger partial charge in [0.25, 0.3) is 0 Å². The number of rotatable bonds is 8. The van der Waals surface area contributed by atoms with Crippen molar-refractivity contribution in [2.45, 2.75) is 32.7 Å². The summed E-state index contributed by atoms with van der Waals surface area (Å²) in [6, 6.07) is 26.4. The molecule has 1 heterocycles. The molecule has 0 aliphatic carbocycles. The Kier molecular flexibility index (Phi) is 7.67. The van der Waals surface area contributed by atoms with Crippen LogP contribution in [0.5, 0.6) is 0 Å². The van der Waals surface area contributed by atoms with Crippen molar-refractivity contribution in [3.8, 4) is 10.6 Å². The fraction of sp³-hybridized carbons (Fsp3) is 0.214. The molecule has 4 aromatic rings. The maximum Gasteiger partial charge on any atom is 0.249 e. The molecular weight excluding hydrogens is 456 g/mol. The van der Waals surface area contributed by atoms with E-state index < -0.39 is 12.0 Å². The minimum atomic E-state index is -0.732. The summed E-state index contributed by atoms with van der Waals surface area (Å²) in [4.78, 5) is 26.7. The number of hydrogen-bond donors (Lipinski definition) is 2. The van der Waals surface area contributed by atoms with E-state index in [0.29, 0.717) is 5.13 Å². The van der Waals surface area contributed by atoms with E-state index in [9.17, 15) is 9.59 Å². The summed E-state index contributed by atoms with van der Waals surface area (Å²) in [5.41, 5.74) is 3.83. The number of aryl methyl sites for hydroxylation is 1. The molecule has 1 atom stereocenters. The standard InChI is InChI=1S/C28H28N4O2S/c1-18(2)24(26(34)30-28-32-31-27(35-28)22-16-14-19(3)15-17-22)29-25(33)23(20-10-6-4-7-11-20)21-12-8-5-9-13-21/h4-18,23-24H,1-3H3,(H,29,33)(H,30,32,34)/t24-/m1/s1. The highest BCUT2D eigenvalue weighted by atomic mass is 32.1. The number of hydrogen-bond acceptors (Lipinski definition) is 5. The van der Waals surface area contributed by atoms with Crippen LogP contribution in [0.2, 0.25) is 0 Å². The quantitative estimate of drug-likeness (QED) is 0.350. The molecule has 6 nitrogen and oxygen atoms in total. The van der Waals surface area contributed by atoms with Crippen molar-refractivity contribution in [3.05, 3.63) is 102 Å². The van der Waals surface area contributed by atoms with Crippen molar-refractivity contribution in [1.82, 2.24) is 15.5 Å². The zero-order valence-electron chi connectivity index (χ0n) is 19.9. The van der Waals surface area contributed by atoms with Crippen molar-refractivity contribution in [2.24, 2.45) is 5.92 Å². The van der Waals surface area contributed by atoms with Gasteiger partial charge in [0.15, 0.2) is 0 Å². The van der Waals surface area contributed by atoms with Gasteiger partial charge in [0.2, 0.25) is 16.9 Å². The lowest BCUT2D eigenvalue weighted by molar-refractivity contribution is -0.127. The molecule has 3 aromatic carbocycles. The van der Waals surface area contributed by atoms with E-state index in [4.69, 9.17) is 0 Å². The van der Waals surface area contributed by atoms with E-state index >= 15 is 0 Å². The molecule has 2 amide bonds. The number of carbonyl (C=O) groups excluding carboxylic acids is 2. The molecule has 0 aliphatic rings. The predicted octanol–water partition coefficient (Wildman–Crippen LogP) is 5.42. The molecule has 0 unspecified atom stereocenters. The van der Waals surface area contributed by atoms with Crippen LogP contribution in [0.1, 0.15) is 36.5 Å². The van der Waals surface area contributed by atoms with Crippen LogP contribution in [0.25, 0.3) is 10.6 Å². The van der Waals surface area contributed by atoms with Crippen LogP contribution in [-0.2, 0) is 9.59 Å². The van der Waals surface area contributed by atoms with Gasteiger partial charge in [0.1, 0.15) is 11.0 Å². The summed E-state index contributed by atoms with van der Waals surface area (Å²) < 4.78 is 0. The first-order valence-corrected chi connectivity index (χ1v) is 12.4. The van der Waals surface area contributed by atoms with E-state index in [2.05, 4.69) is 20.8 Å². The molecule has 0 aliphatic heterocycles. The molecule has 0 fully saturated rings. The summed E-state index contributed by atoms with van der Waals surface area (Å²) >= 11 is 1.30. The molecular formula is C28H28N4O2S. The van der Waals surface area contributed by atoms with Gasteiger partial charge >= 0.3 is 0 Å². The third-order valence-electron chi connectivity index (χ3n) is 5.73. The fourth-order valence-electron chi connectivity index (χ4n) is 3.83. The smallest absolute Gasteiger partial charge is 0.249 e. The molecule has 0 saturated carbocycles. The van der Waals surface area contributed by atoms with Gasteiger partial charge < -0.3 is 5.32 Å². The zero-order chi connectivity index (χ0) is 24.8. The van der Waals surface area contributed by atoms with Crippen LogP contribution >= 0.6 is 11.3 Å². The van der Waals surface area contributed by atoms with Gasteiger partial charge in [0, 0.05) is 5.56 Å². The van der Waals surface area contributed by atoms with Crippen molar-refractivity contribution < 1.29 is 9.59 Å². The van der Waals surface area contributed by atoms with Gasteiger partial charge in [-0.2, -0.15) is 0 Å². The Morgan fingerprint density at radius 1 is 0.771 bits per heavy atom. The van der Waals surface area contributed by atoms with Crippen molar-refractivity contribution in [1.29, 1.82) is 0 Å². The van der Waals surface area contributed by atoms with Crippen LogP contribution in [0.3, 0.4) is 0 Å². The second-order valence-corrected chi connectivity index (χ2v) is 9.73. The highest BCUT2D eigenvalue weighted by Crippen LogP contribution is 2.28. The monoisotopic (exact) mass is 484 g/mol.